The number of hydrogen-bond acceptors (Lipinski definition) is 3. The first kappa shape index (κ1) is 19.3. The van der Waals surface area contributed by atoms with Gasteiger partial charge in [-0.1, -0.05) is 35.4 Å². The minimum atomic E-state index is 0.638. The molecule has 0 radical (unpaired) electrons. The molecule has 0 atom stereocenters. The summed E-state index contributed by atoms with van der Waals surface area (Å²) in [4.78, 5) is 11.7. The molecule has 0 bridgehead atoms. The second kappa shape index (κ2) is 8.22. The monoisotopic (exact) mass is 413 g/mol. The Hall–Kier alpha value is -2.67. The van der Waals surface area contributed by atoms with E-state index in [4.69, 9.17) is 16.6 Å². The molecule has 3 nitrogen and oxygen atoms in total. The van der Waals surface area contributed by atoms with Crippen LogP contribution >= 0.6 is 11.6 Å². The Morgan fingerprint density at radius 2 is 1.87 bits per heavy atom. The van der Waals surface area contributed by atoms with Gasteiger partial charge < -0.3 is 0 Å². The third-order valence-electron chi connectivity index (χ3n) is 6.12. The van der Waals surface area contributed by atoms with E-state index in [0.717, 1.165) is 56.6 Å². The summed E-state index contributed by atoms with van der Waals surface area (Å²) in [6.45, 7) is 5.14. The molecule has 5 rings (SSSR count). The Morgan fingerprint density at radius 1 is 1.03 bits per heavy atom. The van der Waals surface area contributed by atoms with Crippen molar-refractivity contribution in [3.8, 4) is 0 Å². The zero-order chi connectivity index (χ0) is 20.5. The molecule has 0 saturated carbocycles. The highest BCUT2D eigenvalue weighted by atomic mass is 35.5. The molecule has 1 aliphatic heterocycles. The maximum atomic E-state index is 6.25. The lowest BCUT2D eigenvalue weighted by Crippen LogP contribution is -2.30. The second-order valence-electron chi connectivity index (χ2n) is 8.28. The van der Waals surface area contributed by atoms with Gasteiger partial charge in [-0.3, -0.25) is 14.9 Å². The van der Waals surface area contributed by atoms with Crippen LogP contribution in [-0.4, -0.2) is 28.0 Å². The molecule has 2 aromatic heterocycles. The summed E-state index contributed by atoms with van der Waals surface area (Å²) >= 11 is 6.25. The number of rotatable bonds is 2. The quantitative estimate of drug-likeness (QED) is 0.575. The molecule has 3 aromatic rings. The lowest BCUT2D eigenvalue weighted by molar-refractivity contribution is 0.248. The zero-order valence-electron chi connectivity index (χ0n) is 17.2. The molecule has 0 N–H and O–H groups in total. The number of piperidine rings is 1. The van der Waals surface area contributed by atoms with E-state index in [9.17, 15) is 0 Å². The SMILES string of the molecule is Cc1cncc(CN2CCC(=C3c4c#cc(Cl)cc4CCc4cccnc43)CC2)c1. The van der Waals surface area contributed by atoms with E-state index in [0.29, 0.717) is 5.02 Å². The molecule has 1 aliphatic carbocycles. The van der Waals surface area contributed by atoms with E-state index < -0.39 is 0 Å². The molecule has 1 fully saturated rings. The van der Waals surface area contributed by atoms with Crippen molar-refractivity contribution in [2.45, 2.75) is 39.2 Å². The summed E-state index contributed by atoms with van der Waals surface area (Å²) in [5, 5.41) is 0.638. The maximum absolute atomic E-state index is 6.25. The van der Waals surface area contributed by atoms with Gasteiger partial charge in [-0.25, -0.2) is 0 Å². The van der Waals surface area contributed by atoms with Crippen LogP contribution in [-0.2, 0) is 19.4 Å². The molecule has 4 heteroatoms. The summed E-state index contributed by atoms with van der Waals surface area (Å²) in [5.74, 6) is 0. The molecule has 0 unspecified atom stereocenters. The number of aromatic nitrogens is 2. The molecule has 0 spiro atoms. The van der Waals surface area contributed by atoms with Gasteiger partial charge in [-0.2, -0.15) is 0 Å². The van der Waals surface area contributed by atoms with Crippen molar-refractivity contribution < 1.29 is 0 Å². The summed E-state index contributed by atoms with van der Waals surface area (Å²) in [6, 6.07) is 15.0. The molecular weight excluding hydrogens is 390 g/mol. The highest BCUT2D eigenvalue weighted by molar-refractivity contribution is 6.30. The highest BCUT2D eigenvalue weighted by Gasteiger charge is 2.25. The molecule has 1 saturated heterocycles. The Kier molecular flexibility index (Phi) is 5.29. The van der Waals surface area contributed by atoms with E-state index >= 15 is 0 Å². The molecule has 150 valence electrons. The van der Waals surface area contributed by atoms with Crippen LogP contribution in [0.3, 0.4) is 0 Å². The number of hydrogen-bond donors (Lipinski definition) is 0. The van der Waals surface area contributed by atoms with Gasteiger partial charge in [0, 0.05) is 49.4 Å². The maximum Gasteiger partial charge on any atom is 0.0911 e. The normalized spacial score (nSPS) is 16.5. The van der Waals surface area contributed by atoms with Crippen LogP contribution in [0, 0.1) is 19.1 Å². The van der Waals surface area contributed by atoms with Gasteiger partial charge in [0.2, 0.25) is 0 Å². The minimum absolute atomic E-state index is 0.638. The second-order valence-corrected chi connectivity index (χ2v) is 8.69. The number of aryl methyl sites for hydroxylation is 3. The van der Waals surface area contributed by atoms with E-state index in [1.54, 1.807) is 0 Å². The van der Waals surface area contributed by atoms with Crippen LogP contribution in [0.25, 0.3) is 5.57 Å². The van der Waals surface area contributed by atoms with Crippen LogP contribution in [0.5, 0.6) is 0 Å². The average molecular weight is 414 g/mol. The van der Waals surface area contributed by atoms with Gasteiger partial charge in [0.15, 0.2) is 0 Å². The number of fused-ring (bicyclic) bond motifs is 2. The first-order chi connectivity index (χ1) is 14.7. The highest BCUT2D eigenvalue weighted by Crippen LogP contribution is 2.37. The van der Waals surface area contributed by atoms with Gasteiger partial charge in [0.1, 0.15) is 0 Å². The van der Waals surface area contributed by atoms with Crippen LogP contribution in [0.2, 0.25) is 5.02 Å². The largest absolute Gasteiger partial charge is 0.298 e. The van der Waals surface area contributed by atoms with Crippen LogP contribution in [0.1, 0.15) is 46.4 Å². The molecule has 0 amide bonds. The van der Waals surface area contributed by atoms with Crippen molar-refractivity contribution in [3.63, 3.8) is 0 Å². The smallest absolute Gasteiger partial charge is 0.0911 e. The summed E-state index contributed by atoms with van der Waals surface area (Å²) in [6.07, 6.45) is 9.83. The predicted octanol–water partition coefficient (Wildman–Crippen LogP) is 5.24. The third kappa shape index (κ3) is 3.86. The Morgan fingerprint density at radius 3 is 2.70 bits per heavy atom. The molecule has 2 aliphatic rings. The van der Waals surface area contributed by atoms with Crippen LogP contribution in [0.15, 0.2) is 48.4 Å². The first-order valence-corrected chi connectivity index (χ1v) is 11.0. The molecular formula is C26H24ClN3. The lowest BCUT2D eigenvalue weighted by atomic mass is 9.89. The molecule has 1 aromatic carbocycles. The average Bonchev–Trinajstić information content (AvgIpc) is 2.91. The topological polar surface area (TPSA) is 29.0 Å². The van der Waals surface area contributed by atoms with Gasteiger partial charge >= 0.3 is 0 Å². The Balaban J connectivity index is 1.47. The van der Waals surface area contributed by atoms with Crippen molar-refractivity contribution in [1.82, 2.24) is 14.9 Å². The van der Waals surface area contributed by atoms with Gasteiger partial charge in [-0.15, -0.1) is 0 Å². The standard InChI is InChI=1S/C26H24ClN3/c1-18-13-19(16-28-15-18)17-30-11-8-20(9-12-30)25-24-7-6-23(27)14-22(24)5-4-21-3-2-10-29-26(21)25/h2-3,10,13-16H,4-5,8-9,11-12,17H2,1H3. The fraction of sp³-hybridized carbons (Fsp3) is 0.308. The van der Waals surface area contributed by atoms with Crippen LogP contribution < -0.4 is 0 Å². The Labute approximate surface area is 183 Å². The summed E-state index contributed by atoms with van der Waals surface area (Å²) in [7, 11) is 0. The van der Waals surface area contributed by atoms with Crippen LogP contribution in [0.4, 0.5) is 0 Å². The molecule has 3 heterocycles. The van der Waals surface area contributed by atoms with Crippen molar-refractivity contribution in [3.05, 3.63) is 99.1 Å². The predicted molar refractivity (Wildman–Crippen MR) is 120 cm³/mol. The zero-order valence-corrected chi connectivity index (χ0v) is 18.0. The number of pyridine rings is 2. The Bertz CT molecular complexity index is 1110. The third-order valence-corrected chi connectivity index (χ3v) is 6.33. The number of likely N-dealkylation sites (tertiary alicyclic amines) is 1. The first-order valence-electron chi connectivity index (χ1n) is 10.6. The van der Waals surface area contributed by atoms with Gasteiger partial charge in [0.25, 0.3) is 0 Å². The van der Waals surface area contributed by atoms with Crippen molar-refractivity contribution >= 4 is 17.2 Å². The lowest BCUT2D eigenvalue weighted by Gasteiger charge is -2.30. The van der Waals surface area contributed by atoms with E-state index in [-0.39, 0.29) is 0 Å². The van der Waals surface area contributed by atoms with Crippen molar-refractivity contribution in [2.75, 3.05) is 13.1 Å². The van der Waals surface area contributed by atoms with E-state index in [1.165, 1.54) is 33.4 Å². The van der Waals surface area contributed by atoms with Gasteiger partial charge in [0.05, 0.1) is 10.7 Å². The minimum Gasteiger partial charge on any atom is -0.298 e. The van der Waals surface area contributed by atoms with Crippen molar-refractivity contribution in [1.29, 1.82) is 0 Å². The fourth-order valence-electron chi connectivity index (χ4n) is 4.67. The van der Waals surface area contributed by atoms with Crippen molar-refractivity contribution in [2.24, 2.45) is 0 Å². The fourth-order valence-corrected chi connectivity index (χ4v) is 4.85. The summed E-state index contributed by atoms with van der Waals surface area (Å²) < 4.78 is 0. The van der Waals surface area contributed by atoms with E-state index in [2.05, 4.69) is 47.1 Å². The summed E-state index contributed by atoms with van der Waals surface area (Å²) in [5.41, 5.74) is 10.1. The number of halogens is 1. The number of nitrogens with zero attached hydrogens (tertiary/aromatic N) is 3. The van der Waals surface area contributed by atoms with Gasteiger partial charge in [-0.05, 0) is 73.1 Å². The van der Waals surface area contributed by atoms with E-state index in [1.807, 2.05) is 24.7 Å². The molecule has 30 heavy (non-hydrogen) atoms.